The van der Waals surface area contributed by atoms with Crippen LogP contribution in [0.25, 0.3) is 0 Å². The molecule has 0 atom stereocenters. The van der Waals surface area contributed by atoms with Gasteiger partial charge in [0.05, 0.1) is 0 Å². The number of nitrogens with two attached hydrogens (primary N) is 1. The molecular formula is C10H14BrFN2. The van der Waals surface area contributed by atoms with E-state index in [1.54, 1.807) is 12.1 Å². The predicted octanol–water partition coefficient (Wildman–Crippen LogP) is 1.98. The van der Waals surface area contributed by atoms with Gasteiger partial charge in [0, 0.05) is 29.7 Å². The minimum Gasteiger partial charge on any atom is -0.329 e. The Bertz CT molecular complexity index is 304. The number of hydrogen-bond donors (Lipinski definition) is 1. The number of hydrogen-bond acceptors (Lipinski definition) is 2. The van der Waals surface area contributed by atoms with Crippen molar-refractivity contribution in [3.63, 3.8) is 0 Å². The number of benzene rings is 1. The van der Waals surface area contributed by atoms with Crippen LogP contribution in [0.3, 0.4) is 0 Å². The van der Waals surface area contributed by atoms with Crippen LogP contribution in [0.2, 0.25) is 0 Å². The molecule has 0 bridgehead atoms. The summed E-state index contributed by atoms with van der Waals surface area (Å²) in [5, 5.41) is 0. The molecule has 1 aromatic carbocycles. The van der Waals surface area contributed by atoms with Crippen LogP contribution in [0.15, 0.2) is 22.7 Å². The van der Waals surface area contributed by atoms with Gasteiger partial charge in [0.15, 0.2) is 0 Å². The van der Waals surface area contributed by atoms with E-state index in [-0.39, 0.29) is 5.82 Å². The van der Waals surface area contributed by atoms with Gasteiger partial charge in [-0.1, -0.05) is 15.9 Å². The third kappa shape index (κ3) is 3.36. The van der Waals surface area contributed by atoms with Crippen LogP contribution in [0.5, 0.6) is 0 Å². The second kappa shape index (κ2) is 5.44. The van der Waals surface area contributed by atoms with Crippen molar-refractivity contribution in [2.24, 2.45) is 5.73 Å². The van der Waals surface area contributed by atoms with E-state index in [0.29, 0.717) is 18.7 Å². The molecule has 0 amide bonds. The molecule has 4 heteroatoms. The second-order valence-corrected chi connectivity index (χ2v) is 4.18. The molecule has 0 aliphatic carbocycles. The monoisotopic (exact) mass is 260 g/mol. The lowest BCUT2D eigenvalue weighted by Gasteiger charge is -2.15. The second-order valence-electron chi connectivity index (χ2n) is 3.26. The standard InChI is InChI=1S/C10H14BrFN2/c1-14(5-4-13)7-8-6-9(11)2-3-10(8)12/h2-3,6H,4-5,7,13H2,1H3. The summed E-state index contributed by atoms with van der Waals surface area (Å²) >= 11 is 3.32. The Labute approximate surface area is 92.0 Å². The average molecular weight is 261 g/mol. The molecule has 78 valence electrons. The van der Waals surface area contributed by atoms with Crippen LogP contribution in [0.4, 0.5) is 4.39 Å². The van der Waals surface area contributed by atoms with Gasteiger partial charge in [-0.05, 0) is 25.2 Å². The number of nitrogens with zero attached hydrogens (tertiary/aromatic N) is 1. The molecule has 0 saturated carbocycles. The van der Waals surface area contributed by atoms with E-state index < -0.39 is 0 Å². The molecular weight excluding hydrogens is 247 g/mol. The molecule has 2 nitrogen and oxygen atoms in total. The van der Waals surface area contributed by atoms with Crippen LogP contribution in [0.1, 0.15) is 5.56 Å². The maximum atomic E-state index is 13.3. The Morgan fingerprint density at radius 2 is 2.21 bits per heavy atom. The van der Waals surface area contributed by atoms with Crippen molar-refractivity contribution in [1.29, 1.82) is 0 Å². The summed E-state index contributed by atoms with van der Waals surface area (Å²) in [6.07, 6.45) is 0. The molecule has 0 aliphatic rings. The fourth-order valence-electron chi connectivity index (χ4n) is 1.25. The highest BCUT2D eigenvalue weighted by Gasteiger charge is 2.05. The number of halogens is 2. The zero-order chi connectivity index (χ0) is 10.6. The van der Waals surface area contributed by atoms with E-state index in [1.807, 2.05) is 11.9 Å². The van der Waals surface area contributed by atoms with Gasteiger partial charge < -0.3 is 10.6 Å². The molecule has 0 fully saturated rings. The Balaban J connectivity index is 2.70. The first-order valence-electron chi connectivity index (χ1n) is 4.46. The minimum atomic E-state index is -0.169. The van der Waals surface area contributed by atoms with Crippen molar-refractivity contribution in [2.75, 3.05) is 20.1 Å². The first-order valence-corrected chi connectivity index (χ1v) is 5.25. The molecule has 0 saturated heterocycles. The lowest BCUT2D eigenvalue weighted by Crippen LogP contribution is -2.25. The summed E-state index contributed by atoms with van der Waals surface area (Å²) in [4.78, 5) is 1.99. The fraction of sp³-hybridized carbons (Fsp3) is 0.400. The Morgan fingerprint density at radius 1 is 1.50 bits per heavy atom. The van der Waals surface area contributed by atoms with Crippen molar-refractivity contribution < 1.29 is 4.39 Å². The summed E-state index contributed by atoms with van der Waals surface area (Å²) in [5.74, 6) is -0.169. The molecule has 2 N–H and O–H groups in total. The molecule has 14 heavy (non-hydrogen) atoms. The molecule has 1 rings (SSSR count). The minimum absolute atomic E-state index is 0.169. The Kier molecular flexibility index (Phi) is 4.51. The third-order valence-electron chi connectivity index (χ3n) is 1.96. The smallest absolute Gasteiger partial charge is 0.127 e. The summed E-state index contributed by atoms with van der Waals surface area (Å²) in [6.45, 7) is 1.94. The molecule has 0 spiro atoms. The van der Waals surface area contributed by atoms with Gasteiger partial charge in [-0.3, -0.25) is 0 Å². The molecule has 1 aromatic rings. The highest BCUT2D eigenvalue weighted by atomic mass is 79.9. The van der Waals surface area contributed by atoms with Crippen molar-refractivity contribution >= 4 is 15.9 Å². The van der Waals surface area contributed by atoms with Gasteiger partial charge in [0.1, 0.15) is 5.82 Å². The van der Waals surface area contributed by atoms with E-state index in [0.717, 1.165) is 11.0 Å². The maximum Gasteiger partial charge on any atom is 0.127 e. The highest BCUT2D eigenvalue weighted by molar-refractivity contribution is 9.10. The SMILES string of the molecule is CN(CCN)Cc1cc(Br)ccc1F. The quantitative estimate of drug-likeness (QED) is 0.898. The maximum absolute atomic E-state index is 13.3. The fourth-order valence-corrected chi connectivity index (χ4v) is 1.66. The Hall–Kier alpha value is -0.450. The summed E-state index contributed by atoms with van der Waals surface area (Å²) in [6, 6.07) is 4.96. The summed E-state index contributed by atoms with van der Waals surface area (Å²) < 4.78 is 14.2. The van der Waals surface area contributed by atoms with Gasteiger partial charge >= 0.3 is 0 Å². The largest absolute Gasteiger partial charge is 0.329 e. The van der Waals surface area contributed by atoms with Gasteiger partial charge in [0.2, 0.25) is 0 Å². The first kappa shape index (κ1) is 11.6. The van der Waals surface area contributed by atoms with Gasteiger partial charge in [-0.25, -0.2) is 4.39 Å². The summed E-state index contributed by atoms with van der Waals surface area (Å²) in [7, 11) is 1.92. The van der Waals surface area contributed by atoms with Crippen LogP contribution < -0.4 is 5.73 Å². The molecule has 0 unspecified atom stereocenters. The molecule has 0 radical (unpaired) electrons. The number of rotatable bonds is 4. The molecule has 0 aliphatic heterocycles. The summed E-state index contributed by atoms with van der Waals surface area (Å²) in [5.41, 5.74) is 6.10. The first-order chi connectivity index (χ1) is 6.63. The zero-order valence-electron chi connectivity index (χ0n) is 8.13. The number of likely N-dealkylation sites (N-methyl/N-ethyl adjacent to an activating group) is 1. The molecule has 0 heterocycles. The van der Waals surface area contributed by atoms with Gasteiger partial charge in [-0.15, -0.1) is 0 Å². The zero-order valence-corrected chi connectivity index (χ0v) is 9.72. The van der Waals surface area contributed by atoms with Crippen LogP contribution in [-0.2, 0) is 6.54 Å². The van der Waals surface area contributed by atoms with Gasteiger partial charge in [0.25, 0.3) is 0 Å². The van der Waals surface area contributed by atoms with E-state index in [9.17, 15) is 4.39 Å². The van der Waals surface area contributed by atoms with E-state index in [1.165, 1.54) is 6.07 Å². The lowest BCUT2D eigenvalue weighted by atomic mass is 10.2. The topological polar surface area (TPSA) is 29.3 Å². The van der Waals surface area contributed by atoms with Crippen LogP contribution in [-0.4, -0.2) is 25.0 Å². The van der Waals surface area contributed by atoms with E-state index in [4.69, 9.17) is 5.73 Å². The average Bonchev–Trinajstić information content (AvgIpc) is 2.12. The highest BCUT2D eigenvalue weighted by Crippen LogP contribution is 2.16. The van der Waals surface area contributed by atoms with E-state index >= 15 is 0 Å². The van der Waals surface area contributed by atoms with Gasteiger partial charge in [-0.2, -0.15) is 0 Å². The van der Waals surface area contributed by atoms with E-state index in [2.05, 4.69) is 15.9 Å². The molecule has 0 aromatic heterocycles. The van der Waals surface area contributed by atoms with Crippen molar-refractivity contribution in [2.45, 2.75) is 6.54 Å². The van der Waals surface area contributed by atoms with Crippen LogP contribution >= 0.6 is 15.9 Å². The normalized spacial score (nSPS) is 10.9. The van der Waals surface area contributed by atoms with Crippen molar-refractivity contribution in [3.05, 3.63) is 34.1 Å². The third-order valence-corrected chi connectivity index (χ3v) is 2.45. The van der Waals surface area contributed by atoms with Crippen LogP contribution in [0, 0.1) is 5.82 Å². The predicted molar refractivity (Wildman–Crippen MR) is 59.5 cm³/mol. The lowest BCUT2D eigenvalue weighted by molar-refractivity contribution is 0.330. The van der Waals surface area contributed by atoms with Crippen molar-refractivity contribution in [1.82, 2.24) is 4.90 Å². The Morgan fingerprint density at radius 3 is 2.86 bits per heavy atom. The van der Waals surface area contributed by atoms with Crippen molar-refractivity contribution in [3.8, 4) is 0 Å².